The number of carbonyl (C=O) groups is 3. The van der Waals surface area contributed by atoms with Gasteiger partial charge in [0.25, 0.3) is 0 Å². The molecule has 0 radical (unpaired) electrons. The molecule has 0 saturated heterocycles. The van der Waals surface area contributed by atoms with Crippen molar-refractivity contribution in [3.05, 3.63) is 64.7 Å². The van der Waals surface area contributed by atoms with Crippen LogP contribution in [0.2, 0.25) is 5.02 Å². The molecule has 8 heteroatoms. The minimum Gasteiger partial charge on any atom is -0.480 e. The third-order valence-electron chi connectivity index (χ3n) is 4.02. The predicted octanol–water partition coefficient (Wildman–Crippen LogP) is 4.29. The lowest BCUT2D eigenvalue weighted by atomic mass is 10.0. The number of aromatic carboxylic acids is 1. The molecule has 28 heavy (non-hydrogen) atoms. The van der Waals surface area contributed by atoms with E-state index in [2.05, 4.69) is 0 Å². The van der Waals surface area contributed by atoms with E-state index in [1.165, 1.54) is 12.1 Å². The van der Waals surface area contributed by atoms with Crippen LogP contribution in [-0.4, -0.2) is 34.3 Å². The van der Waals surface area contributed by atoms with Crippen molar-refractivity contribution in [3.63, 3.8) is 0 Å². The number of rotatable bonds is 7. The van der Waals surface area contributed by atoms with Crippen LogP contribution in [0.15, 0.2) is 48.5 Å². The number of amides is 1. The molecule has 148 valence electrons. The number of aliphatic carboxylic acids is 1. The first-order chi connectivity index (χ1) is 13.2. The minimum absolute atomic E-state index is 0.0502. The van der Waals surface area contributed by atoms with Crippen LogP contribution >= 0.6 is 11.6 Å². The highest BCUT2D eigenvalue weighted by Crippen LogP contribution is 2.31. The second-order valence-electron chi connectivity index (χ2n) is 6.41. The van der Waals surface area contributed by atoms with Gasteiger partial charge in [-0.3, -0.25) is 4.90 Å². The second-order valence-corrected chi connectivity index (χ2v) is 6.82. The number of anilines is 1. The maximum atomic E-state index is 12.8. The minimum atomic E-state index is -1.25. The summed E-state index contributed by atoms with van der Waals surface area (Å²) < 4.78 is 5.31. The molecular weight excluding hydrogens is 386 g/mol. The summed E-state index contributed by atoms with van der Waals surface area (Å²) in [4.78, 5) is 36.7. The largest absolute Gasteiger partial charge is 0.480 e. The van der Waals surface area contributed by atoms with Gasteiger partial charge in [0.05, 0.1) is 16.3 Å². The van der Waals surface area contributed by atoms with Crippen LogP contribution in [0.3, 0.4) is 0 Å². The molecular formula is C20H20ClNO6. The molecule has 1 amide bonds. The molecule has 1 atom stereocenters. The lowest BCUT2D eigenvalue weighted by Gasteiger charge is -2.31. The molecule has 2 aromatic rings. The summed E-state index contributed by atoms with van der Waals surface area (Å²) in [6, 6.07) is 11.4. The average molecular weight is 406 g/mol. The first-order valence-corrected chi connectivity index (χ1v) is 8.85. The molecule has 2 aromatic carbocycles. The van der Waals surface area contributed by atoms with E-state index in [1.54, 1.807) is 38.1 Å². The van der Waals surface area contributed by atoms with Crippen molar-refractivity contribution in [1.82, 2.24) is 0 Å². The second kappa shape index (κ2) is 9.23. The highest BCUT2D eigenvalue weighted by atomic mass is 35.5. The van der Waals surface area contributed by atoms with Gasteiger partial charge in [0.2, 0.25) is 0 Å². The van der Waals surface area contributed by atoms with E-state index >= 15 is 0 Å². The topological polar surface area (TPSA) is 104 Å². The van der Waals surface area contributed by atoms with Gasteiger partial charge < -0.3 is 14.9 Å². The third-order valence-corrected chi connectivity index (χ3v) is 4.32. The molecule has 0 unspecified atom stereocenters. The van der Waals surface area contributed by atoms with Crippen molar-refractivity contribution >= 4 is 35.3 Å². The number of halogens is 1. The normalized spacial score (nSPS) is 11.7. The first-order valence-electron chi connectivity index (χ1n) is 8.48. The van der Waals surface area contributed by atoms with E-state index in [1.807, 2.05) is 6.07 Å². The van der Waals surface area contributed by atoms with Crippen molar-refractivity contribution in [3.8, 4) is 0 Å². The van der Waals surface area contributed by atoms with E-state index in [0.29, 0.717) is 0 Å². The van der Waals surface area contributed by atoms with Crippen molar-refractivity contribution in [1.29, 1.82) is 0 Å². The van der Waals surface area contributed by atoms with Crippen LogP contribution in [0, 0.1) is 5.92 Å². The van der Waals surface area contributed by atoms with Crippen LogP contribution in [-0.2, 0) is 16.1 Å². The Hall–Kier alpha value is -3.06. The number of ether oxygens (including phenoxy) is 1. The Morgan fingerprint density at radius 1 is 1.07 bits per heavy atom. The summed E-state index contributed by atoms with van der Waals surface area (Å²) in [6.07, 6.45) is -0.894. The number of carbonyl (C=O) groups excluding carboxylic acids is 1. The van der Waals surface area contributed by atoms with Gasteiger partial charge in [0.1, 0.15) is 12.6 Å². The van der Waals surface area contributed by atoms with Gasteiger partial charge in [-0.05, 0) is 29.7 Å². The summed E-state index contributed by atoms with van der Waals surface area (Å²) >= 11 is 6.18. The zero-order chi connectivity index (χ0) is 20.8. The van der Waals surface area contributed by atoms with Gasteiger partial charge >= 0.3 is 18.0 Å². The molecule has 2 N–H and O–H groups in total. The van der Waals surface area contributed by atoms with Gasteiger partial charge in [0, 0.05) is 0 Å². The molecule has 2 rings (SSSR count). The van der Waals surface area contributed by atoms with Crippen LogP contribution in [0.5, 0.6) is 0 Å². The van der Waals surface area contributed by atoms with Crippen LogP contribution in [0.25, 0.3) is 0 Å². The van der Waals surface area contributed by atoms with Gasteiger partial charge in [0.15, 0.2) is 0 Å². The fourth-order valence-corrected chi connectivity index (χ4v) is 2.95. The lowest BCUT2D eigenvalue weighted by molar-refractivity contribution is -0.139. The molecule has 7 nitrogen and oxygen atoms in total. The summed E-state index contributed by atoms with van der Waals surface area (Å²) in [6.45, 7) is 3.25. The Bertz CT molecular complexity index is 868. The smallest absolute Gasteiger partial charge is 0.415 e. The van der Waals surface area contributed by atoms with E-state index in [9.17, 15) is 19.5 Å². The molecule has 0 spiro atoms. The number of benzene rings is 2. The summed E-state index contributed by atoms with van der Waals surface area (Å²) in [5, 5.41) is 18.7. The van der Waals surface area contributed by atoms with Crippen molar-refractivity contribution < 1.29 is 29.3 Å². The first kappa shape index (κ1) is 21.2. The number of hydrogen-bond donors (Lipinski definition) is 2. The zero-order valence-electron chi connectivity index (χ0n) is 15.3. The molecule has 0 aromatic heterocycles. The van der Waals surface area contributed by atoms with E-state index in [4.69, 9.17) is 21.4 Å². The van der Waals surface area contributed by atoms with Crippen LogP contribution < -0.4 is 4.90 Å². The Morgan fingerprint density at radius 3 is 2.21 bits per heavy atom. The molecule has 0 heterocycles. The molecule has 0 aliphatic rings. The molecule has 0 saturated carbocycles. The highest BCUT2D eigenvalue weighted by molar-refractivity contribution is 6.34. The summed E-state index contributed by atoms with van der Waals surface area (Å²) in [5.74, 6) is -2.88. The Kier molecular flexibility index (Phi) is 7.00. The Balaban J connectivity index is 2.40. The zero-order valence-corrected chi connectivity index (χ0v) is 16.1. The monoisotopic (exact) mass is 405 g/mol. The lowest BCUT2D eigenvalue weighted by Crippen LogP contribution is -2.48. The standard InChI is InChI=1S/C20H20ClNO6/c1-12(2)17(19(25)26)22(16-9-8-14(18(23)24)10-15(16)21)20(27)28-11-13-6-4-3-5-7-13/h3-10,12,17H,11H2,1-2H3,(H,23,24)(H,25,26)/t17-/m1/s1. The van der Waals surface area contributed by atoms with Gasteiger partial charge in [-0.1, -0.05) is 55.8 Å². The van der Waals surface area contributed by atoms with Crippen LogP contribution in [0.1, 0.15) is 29.8 Å². The highest BCUT2D eigenvalue weighted by Gasteiger charge is 2.36. The SMILES string of the molecule is CC(C)[C@H](C(=O)O)N(C(=O)OCc1ccccc1)c1ccc(C(=O)O)cc1Cl. The molecule has 0 fully saturated rings. The average Bonchev–Trinajstić information content (AvgIpc) is 2.64. The maximum Gasteiger partial charge on any atom is 0.415 e. The quantitative estimate of drug-likeness (QED) is 0.712. The summed E-state index contributed by atoms with van der Waals surface area (Å²) in [5.41, 5.74) is 0.716. The molecule has 0 aliphatic heterocycles. The van der Waals surface area contributed by atoms with Gasteiger partial charge in [-0.25, -0.2) is 14.4 Å². The van der Waals surface area contributed by atoms with E-state index < -0.39 is 30.0 Å². The van der Waals surface area contributed by atoms with Crippen molar-refractivity contribution in [2.45, 2.75) is 26.5 Å². The maximum absolute atomic E-state index is 12.8. The molecule has 0 aliphatic carbocycles. The fourth-order valence-electron chi connectivity index (χ4n) is 2.68. The van der Waals surface area contributed by atoms with Crippen molar-refractivity contribution in [2.75, 3.05) is 4.90 Å². The van der Waals surface area contributed by atoms with Gasteiger partial charge in [-0.15, -0.1) is 0 Å². The van der Waals surface area contributed by atoms with E-state index in [0.717, 1.165) is 16.5 Å². The number of nitrogens with zero attached hydrogens (tertiary/aromatic N) is 1. The third kappa shape index (κ3) is 5.01. The fraction of sp³-hybridized carbons (Fsp3) is 0.250. The van der Waals surface area contributed by atoms with Crippen LogP contribution in [0.4, 0.5) is 10.5 Å². The number of carboxylic acid groups (broad SMARTS) is 2. The Morgan fingerprint density at radius 2 is 1.71 bits per heavy atom. The number of carboxylic acids is 2. The van der Waals surface area contributed by atoms with E-state index in [-0.39, 0.29) is 22.9 Å². The number of hydrogen-bond acceptors (Lipinski definition) is 4. The summed E-state index contributed by atoms with van der Waals surface area (Å²) in [7, 11) is 0. The molecule has 0 bridgehead atoms. The Labute approximate surface area is 167 Å². The van der Waals surface area contributed by atoms with Gasteiger partial charge in [-0.2, -0.15) is 0 Å². The van der Waals surface area contributed by atoms with Crippen molar-refractivity contribution in [2.24, 2.45) is 5.92 Å². The predicted molar refractivity (Wildman–Crippen MR) is 104 cm³/mol.